The minimum Gasteiger partial charge on any atom is -0.350 e. The summed E-state index contributed by atoms with van der Waals surface area (Å²) in [6.07, 6.45) is 2.81. The lowest BCUT2D eigenvalue weighted by molar-refractivity contribution is -0.122. The first-order chi connectivity index (χ1) is 8.58. The first kappa shape index (κ1) is 13.1. The van der Waals surface area contributed by atoms with Gasteiger partial charge in [0.15, 0.2) is 0 Å². The van der Waals surface area contributed by atoms with Crippen LogP contribution in [-0.4, -0.2) is 11.9 Å². The SMILES string of the molecule is Cc1ccccc1C(C)NC(=O)CC(N)C1CC1. The van der Waals surface area contributed by atoms with E-state index in [9.17, 15) is 4.79 Å². The van der Waals surface area contributed by atoms with Crippen molar-refractivity contribution in [1.82, 2.24) is 5.32 Å². The molecule has 0 spiro atoms. The monoisotopic (exact) mass is 246 g/mol. The van der Waals surface area contributed by atoms with Crippen LogP contribution < -0.4 is 11.1 Å². The molecule has 0 radical (unpaired) electrons. The van der Waals surface area contributed by atoms with Crippen molar-refractivity contribution >= 4 is 5.91 Å². The standard InChI is InChI=1S/C15H22N2O/c1-10-5-3-4-6-13(10)11(2)17-15(18)9-14(16)12-7-8-12/h3-6,11-12,14H,7-9,16H2,1-2H3,(H,17,18). The number of carbonyl (C=O) groups is 1. The molecule has 0 aromatic heterocycles. The van der Waals surface area contributed by atoms with E-state index in [4.69, 9.17) is 5.73 Å². The Hall–Kier alpha value is -1.35. The average molecular weight is 246 g/mol. The number of nitrogens with one attached hydrogen (secondary N) is 1. The number of hydrogen-bond acceptors (Lipinski definition) is 2. The summed E-state index contributed by atoms with van der Waals surface area (Å²) in [6.45, 7) is 4.08. The number of aryl methyl sites for hydroxylation is 1. The minimum absolute atomic E-state index is 0.0362. The summed E-state index contributed by atoms with van der Waals surface area (Å²) in [5.41, 5.74) is 8.34. The van der Waals surface area contributed by atoms with Crippen LogP contribution in [0.1, 0.15) is 43.4 Å². The van der Waals surface area contributed by atoms with Gasteiger partial charge < -0.3 is 11.1 Å². The quantitative estimate of drug-likeness (QED) is 0.837. The van der Waals surface area contributed by atoms with E-state index in [1.165, 1.54) is 24.0 Å². The number of carbonyl (C=O) groups excluding carboxylic acids is 1. The van der Waals surface area contributed by atoms with Crippen molar-refractivity contribution in [3.8, 4) is 0 Å². The zero-order valence-electron chi connectivity index (χ0n) is 11.1. The molecule has 1 aliphatic carbocycles. The third kappa shape index (κ3) is 3.33. The summed E-state index contributed by atoms with van der Waals surface area (Å²) in [5, 5.41) is 3.03. The lowest BCUT2D eigenvalue weighted by atomic mass is 10.0. The van der Waals surface area contributed by atoms with Gasteiger partial charge in [0, 0.05) is 12.5 Å². The van der Waals surface area contributed by atoms with Gasteiger partial charge in [-0.3, -0.25) is 4.79 Å². The molecule has 3 N–H and O–H groups in total. The van der Waals surface area contributed by atoms with Gasteiger partial charge >= 0.3 is 0 Å². The lowest BCUT2D eigenvalue weighted by Gasteiger charge is -2.18. The number of benzene rings is 1. The van der Waals surface area contributed by atoms with Crippen LogP contribution in [-0.2, 0) is 4.79 Å². The van der Waals surface area contributed by atoms with Crippen LogP contribution in [0.5, 0.6) is 0 Å². The molecule has 3 nitrogen and oxygen atoms in total. The summed E-state index contributed by atoms with van der Waals surface area (Å²) in [7, 11) is 0. The van der Waals surface area contributed by atoms with Crippen LogP contribution >= 0.6 is 0 Å². The first-order valence-corrected chi connectivity index (χ1v) is 6.68. The van der Waals surface area contributed by atoms with E-state index in [0.717, 1.165) is 0 Å². The van der Waals surface area contributed by atoms with E-state index in [0.29, 0.717) is 12.3 Å². The van der Waals surface area contributed by atoms with Gasteiger partial charge in [0.25, 0.3) is 0 Å². The Morgan fingerprint density at radius 2 is 2.11 bits per heavy atom. The van der Waals surface area contributed by atoms with Gasteiger partial charge in [0.05, 0.1) is 6.04 Å². The molecule has 0 bridgehead atoms. The second-order valence-corrected chi connectivity index (χ2v) is 5.35. The third-order valence-electron chi connectivity index (χ3n) is 3.68. The zero-order chi connectivity index (χ0) is 13.1. The highest BCUT2D eigenvalue weighted by molar-refractivity contribution is 5.77. The first-order valence-electron chi connectivity index (χ1n) is 6.68. The van der Waals surface area contributed by atoms with Gasteiger partial charge in [0.2, 0.25) is 5.91 Å². The Kier molecular flexibility index (Phi) is 4.02. The fraction of sp³-hybridized carbons (Fsp3) is 0.533. The average Bonchev–Trinajstić information content (AvgIpc) is 3.12. The van der Waals surface area contributed by atoms with E-state index < -0.39 is 0 Å². The third-order valence-corrected chi connectivity index (χ3v) is 3.68. The summed E-state index contributed by atoms with van der Waals surface area (Å²) >= 11 is 0. The van der Waals surface area contributed by atoms with Crippen molar-refractivity contribution in [2.45, 2.75) is 45.2 Å². The summed E-state index contributed by atoms with van der Waals surface area (Å²) in [4.78, 5) is 11.9. The van der Waals surface area contributed by atoms with Gasteiger partial charge in [-0.05, 0) is 43.7 Å². The summed E-state index contributed by atoms with van der Waals surface area (Å²) in [5.74, 6) is 0.634. The molecule has 2 atom stereocenters. The number of rotatable bonds is 5. The summed E-state index contributed by atoms with van der Waals surface area (Å²) in [6, 6.07) is 8.21. The molecule has 1 saturated carbocycles. The molecule has 0 aliphatic heterocycles. The minimum atomic E-state index is 0.0362. The Morgan fingerprint density at radius 3 is 2.72 bits per heavy atom. The topological polar surface area (TPSA) is 55.1 Å². The highest BCUT2D eigenvalue weighted by Crippen LogP contribution is 2.32. The van der Waals surface area contributed by atoms with Gasteiger partial charge in [-0.25, -0.2) is 0 Å². The molecule has 1 aliphatic rings. The van der Waals surface area contributed by atoms with Crippen molar-refractivity contribution in [3.05, 3.63) is 35.4 Å². The molecule has 1 aromatic carbocycles. The second-order valence-electron chi connectivity index (χ2n) is 5.35. The number of nitrogens with two attached hydrogens (primary N) is 1. The van der Waals surface area contributed by atoms with Crippen LogP contribution in [0.25, 0.3) is 0 Å². The van der Waals surface area contributed by atoms with Gasteiger partial charge in [-0.1, -0.05) is 24.3 Å². The molecule has 1 fully saturated rings. The number of amides is 1. The fourth-order valence-electron chi connectivity index (χ4n) is 2.36. The molecule has 0 saturated heterocycles. The van der Waals surface area contributed by atoms with Crippen LogP contribution in [0.2, 0.25) is 0 Å². The smallest absolute Gasteiger partial charge is 0.222 e. The highest BCUT2D eigenvalue weighted by Gasteiger charge is 2.30. The van der Waals surface area contributed by atoms with Gasteiger partial charge in [0.1, 0.15) is 0 Å². The molecule has 1 aromatic rings. The van der Waals surface area contributed by atoms with E-state index in [2.05, 4.69) is 24.4 Å². The largest absolute Gasteiger partial charge is 0.350 e. The predicted molar refractivity (Wildman–Crippen MR) is 73.1 cm³/mol. The van der Waals surface area contributed by atoms with E-state index in [1.807, 2.05) is 19.1 Å². The van der Waals surface area contributed by atoms with Crippen molar-refractivity contribution in [1.29, 1.82) is 0 Å². The van der Waals surface area contributed by atoms with E-state index in [-0.39, 0.29) is 18.0 Å². The van der Waals surface area contributed by atoms with Crippen LogP contribution in [0.3, 0.4) is 0 Å². The van der Waals surface area contributed by atoms with Crippen molar-refractivity contribution < 1.29 is 4.79 Å². The summed E-state index contributed by atoms with van der Waals surface area (Å²) < 4.78 is 0. The van der Waals surface area contributed by atoms with E-state index >= 15 is 0 Å². The van der Waals surface area contributed by atoms with Gasteiger partial charge in [-0.15, -0.1) is 0 Å². The van der Waals surface area contributed by atoms with Crippen molar-refractivity contribution in [3.63, 3.8) is 0 Å². The highest BCUT2D eigenvalue weighted by atomic mass is 16.1. The normalized spacial score (nSPS) is 18.2. The molecule has 18 heavy (non-hydrogen) atoms. The Labute approximate surface area is 109 Å². The maximum absolute atomic E-state index is 11.9. The van der Waals surface area contributed by atoms with Crippen LogP contribution in [0.15, 0.2) is 24.3 Å². The van der Waals surface area contributed by atoms with Crippen LogP contribution in [0, 0.1) is 12.8 Å². The molecule has 1 amide bonds. The molecule has 0 heterocycles. The van der Waals surface area contributed by atoms with Crippen LogP contribution in [0.4, 0.5) is 0 Å². The molecule has 2 rings (SSSR count). The Morgan fingerprint density at radius 1 is 1.44 bits per heavy atom. The Bertz CT molecular complexity index is 426. The number of hydrogen-bond donors (Lipinski definition) is 2. The van der Waals surface area contributed by atoms with Crippen molar-refractivity contribution in [2.24, 2.45) is 11.7 Å². The zero-order valence-corrected chi connectivity index (χ0v) is 11.1. The molecule has 98 valence electrons. The second kappa shape index (κ2) is 5.53. The fourth-order valence-corrected chi connectivity index (χ4v) is 2.36. The molecular weight excluding hydrogens is 224 g/mol. The maximum atomic E-state index is 11.9. The van der Waals surface area contributed by atoms with E-state index in [1.54, 1.807) is 0 Å². The van der Waals surface area contributed by atoms with Gasteiger partial charge in [-0.2, -0.15) is 0 Å². The molecular formula is C15H22N2O. The maximum Gasteiger partial charge on any atom is 0.222 e. The Balaban J connectivity index is 1.88. The van der Waals surface area contributed by atoms with Crippen molar-refractivity contribution in [2.75, 3.05) is 0 Å². The molecule has 2 unspecified atom stereocenters. The molecule has 3 heteroatoms. The lowest BCUT2D eigenvalue weighted by Crippen LogP contribution is -2.34. The predicted octanol–water partition coefficient (Wildman–Crippen LogP) is 2.30.